The van der Waals surface area contributed by atoms with Crippen LogP contribution in [0.25, 0.3) is 0 Å². The summed E-state index contributed by atoms with van der Waals surface area (Å²) >= 11 is 0.550. The van der Waals surface area contributed by atoms with Crippen LogP contribution < -0.4 is 14.8 Å². The molecule has 2 aromatic rings. The summed E-state index contributed by atoms with van der Waals surface area (Å²) in [5, 5.41) is 3.24. The van der Waals surface area contributed by atoms with Crippen LogP contribution in [0.5, 0.6) is 11.5 Å². The lowest BCUT2D eigenvalue weighted by molar-refractivity contribution is 0.251. The Morgan fingerprint density at radius 1 is 1.09 bits per heavy atom. The van der Waals surface area contributed by atoms with E-state index in [0.717, 1.165) is 5.56 Å². The Labute approximate surface area is 138 Å². The van der Waals surface area contributed by atoms with E-state index in [4.69, 9.17) is 13.9 Å². The van der Waals surface area contributed by atoms with Crippen LogP contribution >= 0.6 is 11.8 Å². The number of ether oxygens (including phenoxy) is 2. The van der Waals surface area contributed by atoms with E-state index in [1.807, 2.05) is 18.2 Å². The standard InChI is InChI=1S/C16H19F2NO3S/c1-20-14-5-3-4-11(15(14)21-2)8-19-9-12-6-7-13(22-12)10-23-16(17)18/h3-7,16,19H,8-10H2,1-2H3. The van der Waals surface area contributed by atoms with Gasteiger partial charge < -0.3 is 19.2 Å². The van der Waals surface area contributed by atoms with Crippen LogP contribution in [0.15, 0.2) is 34.7 Å². The van der Waals surface area contributed by atoms with E-state index in [0.29, 0.717) is 47.9 Å². The third-order valence-corrected chi connectivity index (χ3v) is 3.87. The highest BCUT2D eigenvalue weighted by atomic mass is 32.2. The highest BCUT2D eigenvalue weighted by Gasteiger charge is 2.10. The number of benzene rings is 1. The number of nitrogens with one attached hydrogen (secondary N) is 1. The van der Waals surface area contributed by atoms with Crippen molar-refractivity contribution in [2.45, 2.75) is 24.6 Å². The number of furan rings is 1. The average molecular weight is 343 g/mol. The van der Waals surface area contributed by atoms with Gasteiger partial charge in [-0.1, -0.05) is 23.9 Å². The van der Waals surface area contributed by atoms with Gasteiger partial charge in [-0.3, -0.25) is 0 Å². The summed E-state index contributed by atoms with van der Waals surface area (Å²) in [7, 11) is 3.19. The summed E-state index contributed by atoms with van der Waals surface area (Å²) in [6, 6.07) is 9.18. The van der Waals surface area contributed by atoms with Crippen LogP contribution in [0.3, 0.4) is 0 Å². The molecule has 1 heterocycles. The van der Waals surface area contributed by atoms with E-state index in [9.17, 15) is 8.78 Å². The number of methoxy groups -OCH3 is 2. The molecule has 1 aromatic carbocycles. The molecule has 1 N–H and O–H groups in total. The minimum Gasteiger partial charge on any atom is -0.493 e. The summed E-state index contributed by atoms with van der Waals surface area (Å²) in [6.07, 6.45) is 0. The molecule has 0 saturated carbocycles. The first kappa shape index (κ1) is 17.6. The number of alkyl halides is 2. The fourth-order valence-electron chi connectivity index (χ4n) is 2.15. The normalized spacial score (nSPS) is 11.0. The lowest BCUT2D eigenvalue weighted by Crippen LogP contribution is -2.13. The van der Waals surface area contributed by atoms with Crippen molar-refractivity contribution in [3.05, 3.63) is 47.4 Å². The summed E-state index contributed by atoms with van der Waals surface area (Å²) in [6.45, 7) is 1.07. The molecular formula is C16H19F2NO3S. The van der Waals surface area contributed by atoms with Gasteiger partial charge >= 0.3 is 0 Å². The third kappa shape index (κ3) is 5.14. The summed E-state index contributed by atoms with van der Waals surface area (Å²) in [5.74, 6) is 0.401. The van der Waals surface area contributed by atoms with Crippen molar-refractivity contribution in [1.29, 1.82) is 0 Å². The minimum atomic E-state index is -2.39. The molecule has 0 saturated heterocycles. The molecule has 0 aliphatic rings. The van der Waals surface area contributed by atoms with Gasteiger partial charge in [0.15, 0.2) is 11.5 Å². The molecule has 23 heavy (non-hydrogen) atoms. The third-order valence-electron chi connectivity index (χ3n) is 3.17. The number of halogens is 2. The maximum atomic E-state index is 12.1. The fraction of sp³-hybridized carbons (Fsp3) is 0.375. The van der Waals surface area contributed by atoms with E-state index in [-0.39, 0.29) is 5.75 Å². The second-order valence-electron chi connectivity index (χ2n) is 4.70. The van der Waals surface area contributed by atoms with Crippen LogP contribution in [0.1, 0.15) is 17.1 Å². The van der Waals surface area contributed by atoms with Gasteiger partial charge in [-0.15, -0.1) is 0 Å². The maximum absolute atomic E-state index is 12.1. The lowest BCUT2D eigenvalue weighted by Gasteiger charge is -2.12. The molecule has 0 amide bonds. The van der Waals surface area contributed by atoms with E-state index in [1.54, 1.807) is 26.4 Å². The molecule has 0 aliphatic heterocycles. The summed E-state index contributed by atoms with van der Waals surface area (Å²) in [4.78, 5) is 0. The van der Waals surface area contributed by atoms with Crippen LogP contribution in [0, 0.1) is 0 Å². The van der Waals surface area contributed by atoms with Crippen molar-refractivity contribution < 1.29 is 22.7 Å². The maximum Gasteiger partial charge on any atom is 0.284 e. The van der Waals surface area contributed by atoms with Crippen LogP contribution in [0.2, 0.25) is 0 Å². The SMILES string of the molecule is COc1cccc(CNCc2ccc(CSC(F)F)o2)c1OC. The molecule has 0 bridgehead atoms. The van der Waals surface area contributed by atoms with Gasteiger partial charge in [0.2, 0.25) is 0 Å². The topological polar surface area (TPSA) is 43.6 Å². The largest absolute Gasteiger partial charge is 0.493 e. The first-order chi connectivity index (χ1) is 11.1. The number of hydrogen-bond donors (Lipinski definition) is 1. The molecule has 2 rings (SSSR count). The second kappa shape index (κ2) is 8.79. The van der Waals surface area contributed by atoms with Crippen molar-refractivity contribution in [2.24, 2.45) is 0 Å². The Hall–Kier alpha value is -1.73. The summed E-state index contributed by atoms with van der Waals surface area (Å²) in [5.41, 5.74) is 0.965. The minimum absolute atomic E-state index is 0.168. The lowest BCUT2D eigenvalue weighted by atomic mass is 10.2. The van der Waals surface area contributed by atoms with Crippen LogP contribution in [0.4, 0.5) is 8.78 Å². The van der Waals surface area contributed by atoms with Gasteiger partial charge in [0, 0.05) is 12.1 Å². The number of para-hydroxylation sites is 1. The molecule has 126 valence electrons. The zero-order valence-electron chi connectivity index (χ0n) is 13.0. The van der Waals surface area contributed by atoms with E-state index >= 15 is 0 Å². The zero-order chi connectivity index (χ0) is 16.7. The molecule has 0 unspecified atom stereocenters. The summed E-state index contributed by atoms with van der Waals surface area (Å²) < 4.78 is 40.4. The van der Waals surface area contributed by atoms with E-state index in [2.05, 4.69) is 5.32 Å². The first-order valence-electron chi connectivity index (χ1n) is 7.02. The molecule has 1 aromatic heterocycles. The fourth-order valence-corrected chi connectivity index (χ4v) is 2.60. The smallest absolute Gasteiger partial charge is 0.284 e. The molecule has 0 radical (unpaired) electrons. The van der Waals surface area contributed by atoms with Crippen molar-refractivity contribution in [3.8, 4) is 11.5 Å². The Kier molecular flexibility index (Phi) is 6.73. The van der Waals surface area contributed by atoms with E-state index < -0.39 is 5.76 Å². The van der Waals surface area contributed by atoms with Gasteiger partial charge in [-0.25, -0.2) is 0 Å². The second-order valence-corrected chi connectivity index (χ2v) is 5.67. The van der Waals surface area contributed by atoms with Crippen molar-refractivity contribution in [2.75, 3.05) is 14.2 Å². The van der Waals surface area contributed by atoms with Crippen LogP contribution in [-0.2, 0) is 18.8 Å². The number of rotatable bonds is 9. The van der Waals surface area contributed by atoms with Gasteiger partial charge in [-0.05, 0) is 18.2 Å². The van der Waals surface area contributed by atoms with Gasteiger partial charge in [0.05, 0.1) is 26.5 Å². The predicted octanol–water partition coefficient (Wildman–Crippen LogP) is 4.04. The molecule has 0 aliphatic carbocycles. The van der Waals surface area contributed by atoms with Crippen molar-refractivity contribution in [1.82, 2.24) is 5.32 Å². The Morgan fingerprint density at radius 2 is 1.87 bits per heavy atom. The highest BCUT2D eigenvalue weighted by molar-refractivity contribution is 7.98. The zero-order valence-corrected chi connectivity index (χ0v) is 13.8. The van der Waals surface area contributed by atoms with Crippen molar-refractivity contribution in [3.63, 3.8) is 0 Å². The Morgan fingerprint density at radius 3 is 2.57 bits per heavy atom. The molecule has 7 heteroatoms. The van der Waals surface area contributed by atoms with Crippen molar-refractivity contribution >= 4 is 11.8 Å². The van der Waals surface area contributed by atoms with Crippen LogP contribution in [-0.4, -0.2) is 20.0 Å². The van der Waals surface area contributed by atoms with Gasteiger partial charge in [0.25, 0.3) is 5.76 Å². The molecule has 0 atom stereocenters. The quantitative estimate of drug-likeness (QED) is 0.744. The Balaban J connectivity index is 1.88. The van der Waals surface area contributed by atoms with E-state index in [1.165, 1.54) is 0 Å². The molecular weight excluding hydrogens is 324 g/mol. The Bertz CT molecular complexity index is 619. The first-order valence-corrected chi connectivity index (χ1v) is 8.07. The van der Waals surface area contributed by atoms with Gasteiger partial charge in [-0.2, -0.15) is 8.78 Å². The number of thioether (sulfide) groups is 1. The highest BCUT2D eigenvalue weighted by Crippen LogP contribution is 2.30. The number of hydrogen-bond acceptors (Lipinski definition) is 5. The monoisotopic (exact) mass is 343 g/mol. The molecule has 0 fully saturated rings. The average Bonchev–Trinajstić information content (AvgIpc) is 3.00. The van der Waals surface area contributed by atoms with Gasteiger partial charge in [0.1, 0.15) is 11.5 Å². The molecule has 0 spiro atoms. The predicted molar refractivity (Wildman–Crippen MR) is 86.1 cm³/mol. The molecule has 4 nitrogen and oxygen atoms in total.